The molecule has 1 aliphatic rings. The Morgan fingerprint density at radius 3 is 2.47 bits per heavy atom. The molecule has 0 fully saturated rings. The molecular weight excluding hydrogens is 378 g/mol. The van der Waals surface area contributed by atoms with Crippen LogP contribution in [0.25, 0.3) is 0 Å². The summed E-state index contributed by atoms with van der Waals surface area (Å²) in [6.45, 7) is 0.648. The minimum absolute atomic E-state index is 0.0830. The van der Waals surface area contributed by atoms with Gasteiger partial charge in [-0.15, -0.1) is 0 Å². The minimum Gasteiger partial charge on any atom is -0.495 e. The molecule has 6 nitrogen and oxygen atoms in total. The van der Waals surface area contributed by atoms with Gasteiger partial charge in [0.1, 0.15) is 11.9 Å². The fourth-order valence-corrected chi connectivity index (χ4v) is 3.75. The molecule has 0 bridgehead atoms. The summed E-state index contributed by atoms with van der Waals surface area (Å²) >= 11 is 0. The van der Waals surface area contributed by atoms with Gasteiger partial charge in [0.2, 0.25) is 0 Å². The lowest BCUT2D eigenvalue weighted by molar-refractivity contribution is 0.0974. The van der Waals surface area contributed by atoms with Gasteiger partial charge in [-0.3, -0.25) is 9.69 Å². The van der Waals surface area contributed by atoms with E-state index in [4.69, 9.17) is 4.74 Å². The van der Waals surface area contributed by atoms with Crippen molar-refractivity contribution >= 4 is 23.0 Å². The van der Waals surface area contributed by atoms with Gasteiger partial charge in [-0.05, 0) is 42.0 Å². The maximum absolute atomic E-state index is 13.5. The zero-order valence-electron chi connectivity index (χ0n) is 17.1. The summed E-state index contributed by atoms with van der Waals surface area (Å²) in [6.07, 6.45) is -0.388. The first-order chi connectivity index (χ1) is 14.6. The van der Waals surface area contributed by atoms with Crippen LogP contribution in [0, 0.1) is 0 Å². The van der Waals surface area contributed by atoms with Crippen LogP contribution >= 0.6 is 0 Å². The van der Waals surface area contributed by atoms with E-state index in [2.05, 4.69) is 5.32 Å². The van der Waals surface area contributed by atoms with Gasteiger partial charge in [0.15, 0.2) is 0 Å². The molecule has 0 unspecified atom stereocenters. The third-order valence-electron chi connectivity index (χ3n) is 5.36. The fraction of sp³-hybridized carbons (Fsp3) is 0.208. The third kappa shape index (κ3) is 3.57. The van der Waals surface area contributed by atoms with Crippen molar-refractivity contribution in [3.8, 4) is 5.75 Å². The lowest BCUT2D eigenvalue weighted by Gasteiger charge is -2.38. The number of aliphatic hydroxyl groups excluding tert-OH is 1. The molecule has 6 heteroatoms. The Labute approximate surface area is 176 Å². The van der Waals surface area contributed by atoms with Crippen molar-refractivity contribution in [2.45, 2.75) is 6.17 Å². The monoisotopic (exact) mass is 403 g/mol. The van der Waals surface area contributed by atoms with Gasteiger partial charge >= 0.3 is 0 Å². The molecule has 154 valence electrons. The van der Waals surface area contributed by atoms with Crippen molar-refractivity contribution in [2.24, 2.45) is 0 Å². The van der Waals surface area contributed by atoms with Crippen LogP contribution < -0.4 is 19.9 Å². The van der Waals surface area contributed by atoms with Crippen LogP contribution in [0.4, 0.5) is 17.1 Å². The number of aliphatic hydroxyl groups is 1. The number of nitrogens with zero attached hydrogens (tertiary/aromatic N) is 2. The van der Waals surface area contributed by atoms with Crippen molar-refractivity contribution in [3.05, 3.63) is 83.9 Å². The number of carbonyl (C=O) groups is 1. The zero-order valence-corrected chi connectivity index (χ0v) is 17.1. The Hall–Kier alpha value is -3.51. The lowest BCUT2D eigenvalue weighted by atomic mass is 10.0. The predicted molar refractivity (Wildman–Crippen MR) is 119 cm³/mol. The topological polar surface area (TPSA) is 65.0 Å². The molecule has 0 saturated carbocycles. The number of hydrogen-bond acceptors (Lipinski definition) is 5. The number of hydrogen-bond donors (Lipinski definition) is 2. The van der Waals surface area contributed by atoms with Crippen LogP contribution in [0.3, 0.4) is 0 Å². The second-order valence-corrected chi connectivity index (χ2v) is 7.18. The quantitative estimate of drug-likeness (QED) is 0.654. The highest BCUT2D eigenvalue weighted by Gasteiger charge is 2.35. The summed E-state index contributed by atoms with van der Waals surface area (Å²) in [5, 5.41) is 12.7. The van der Waals surface area contributed by atoms with Crippen LogP contribution in [0.5, 0.6) is 5.75 Å². The molecule has 4 rings (SSSR count). The SMILES string of the molecule is COc1ccccc1N1C(=O)c2ccccc2N[C@@H]1c1ccc(N(C)CCO)cc1. The van der Waals surface area contributed by atoms with E-state index in [9.17, 15) is 9.90 Å². The Morgan fingerprint density at radius 1 is 1.03 bits per heavy atom. The Kier molecular flexibility index (Phi) is 5.59. The van der Waals surface area contributed by atoms with Gasteiger partial charge in [0.25, 0.3) is 5.91 Å². The summed E-state index contributed by atoms with van der Waals surface area (Å²) in [5.74, 6) is 0.552. The lowest BCUT2D eigenvalue weighted by Crippen LogP contribution is -2.43. The molecule has 1 aliphatic heterocycles. The number of anilines is 3. The van der Waals surface area contributed by atoms with E-state index in [1.54, 1.807) is 12.0 Å². The van der Waals surface area contributed by atoms with Gasteiger partial charge in [-0.1, -0.05) is 36.4 Å². The summed E-state index contributed by atoms with van der Waals surface area (Å²) in [6, 6.07) is 23.1. The molecule has 3 aromatic rings. The summed E-state index contributed by atoms with van der Waals surface area (Å²) < 4.78 is 5.54. The van der Waals surface area contributed by atoms with Gasteiger partial charge in [0, 0.05) is 25.0 Å². The number of fused-ring (bicyclic) bond motifs is 1. The highest BCUT2D eigenvalue weighted by Crippen LogP contribution is 2.40. The Balaban J connectivity index is 1.78. The smallest absolute Gasteiger partial charge is 0.262 e. The minimum atomic E-state index is -0.388. The van der Waals surface area contributed by atoms with E-state index in [1.807, 2.05) is 84.7 Å². The zero-order chi connectivity index (χ0) is 21.1. The number of ether oxygens (including phenoxy) is 1. The number of rotatable bonds is 6. The molecule has 1 heterocycles. The number of amides is 1. The highest BCUT2D eigenvalue weighted by molar-refractivity contribution is 6.12. The number of benzene rings is 3. The average molecular weight is 403 g/mol. The van der Waals surface area contributed by atoms with E-state index in [-0.39, 0.29) is 18.7 Å². The van der Waals surface area contributed by atoms with Crippen molar-refractivity contribution in [2.75, 3.05) is 42.4 Å². The molecule has 1 atom stereocenters. The average Bonchev–Trinajstić information content (AvgIpc) is 2.79. The Bertz CT molecular complexity index is 1040. The molecule has 0 aliphatic carbocycles. The third-order valence-corrected chi connectivity index (χ3v) is 5.36. The molecule has 0 spiro atoms. The van der Waals surface area contributed by atoms with E-state index >= 15 is 0 Å². The normalized spacial score (nSPS) is 15.4. The van der Waals surface area contributed by atoms with Crippen molar-refractivity contribution in [1.82, 2.24) is 0 Å². The fourth-order valence-electron chi connectivity index (χ4n) is 3.75. The van der Waals surface area contributed by atoms with E-state index in [1.165, 1.54) is 0 Å². The molecule has 0 radical (unpaired) electrons. The molecule has 1 amide bonds. The second kappa shape index (κ2) is 8.47. The number of likely N-dealkylation sites (N-methyl/N-ethyl adjacent to an activating group) is 1. The molecule has 2 N–H and O–H groups in total. The van der Waals surface area contributed by atoms with Crippen LogP contribution in [0.15, 0.2) is 72.8 Å². The first-order valence-electron chi connectivity index (χ1n) is 9.88. The predicted octanol–water partition coefficient (Wildman–Crippen LogP) is 3.89. The molecule has 30 heavy (non-hydrogen) atoms. The first-order valence-corrected chi connectivity index (χ1v) is 9.88. The van der Waals surface area contributed by atoms with E-state index in [0.29, 0.717) is 23.5 Å². The van der Waals surface area contributed by atoms with Crippen molar-refractivity contribution in [1.29, 1.82) is 0 Å². The van der Waals surface area contributed by atoms with Crippen molar-refractivity contribution < 1.29 is 14.6 Å². The maximum atomic E-state index is 13.5. The van der Waals surface area contributed by atoms with Gasteiger partial charge in [-0.25, -0.2) is 0 Å². The summed E-state index contributed by atoms with van der Waals surface area (Å²) in [5.41, 5.74) is 4.08. The van der Waals surface area contributed by atoms with Gasteiger partial charge in [-0.2, -0.15) is 0 Å². The standard InChI is InChI=1S/C24H25N3O3/c1-26(15-16-28)18-13-11-17(12-14-18)23-25-20-8-4-3-7-19(20)24(29)27(23)21-9-5-6-10-22(21)30-2/h3-14,23,25,28H,15-16H2,1-2H3/t23-/m0/s1. The largest absolute Gasteiger partial charge is 0.495 e. The second-order valence-electron chi connectivity index (χ2n) is 7.18. The summed E-state index contributed by atoms with van der Waals surface area (Å²) in [7, 11) is 3.54. The summed E-state index contributed by atoms with van der Waals surface area (Å²) in [4.78, 5) is 17.3. The maximum Gasteiger partial charge on any atom is 0.262 e. The molecular formula is C24H25N3O3. The highest BCUT2D eigenvalue weighted by atomic mass is 16.5. The van der Waals surface area contributed by atoms with Gasteiger partial charge < -0.3 is 20.1 Å². The number of para-hydroxylation sites is 3. The van der Waals surface area contributed by atoms with Crippen LogP contribution in [-0.4, -0.2) is 38.3 Å². The molecule has 0 saturated heterocycles. The number of methoxy groups -OCH3 is 1. The van der Waals surface area contributed by atoms with E-state index in [0.717, 1.165) is 16.9 Å². The number of carbonyl (C=O) groups excluding carboxylic acids is 1. The van der Waals surface area contributed by atoms with Crippen molar-refractivity contribution in [3.63, 3.8) is 0 Å². The van der Waals surface area contributed by atoms with Crippen LogP contribution in [-0.2, 0) is 0 Å². The molecule has 3 aromatic carbocycles. The molecule has 0 aromatic heterocycles. The van der Waals surface area contributed by atoms with E-state index < -0.39 is 0 Å². The van der Waals surface area contributed by atoms with Gasteiger partial charge in [0.05, 0.1) is 25.0 Å². The first kappa shape index (κ1) is 19.8. The van der Waals surface area contributed by atoms with Crippen LogP contribution in [0.2, 0.25) is 0 Å². The number of nitrogens with one attached hydrogen (secondary N) is 1. The van der Waals surface area contributed by atoms with Crippen LogP contribution in [0.1, 0.15) is 22.1 Å². The Morgan fingerprint density at radius 2 is 1.73 bits per heavy atom.